The monoisotopic (exact) mass is 229 g/mol. The Bertz CT molecular complexity index is 496. The highest BCUT2D eigenvalue weighted by atomic mass is 16.5. The third kappa shape index (κ3) is 2.09. The van der Waals surface area contributed by atoms with E-state index in [9.17, 15) is 0 Å². The first kappa shape index (κ1) is 10.5. The molecule has 2 N–H and O–H groups in total. The maximum Gasteiger partial charge on any atom is 0.151 e. The zero-order chi connectivity index (χ0) is 11.7. The minimum Gasteiger partial charge on any atom is -0.360 e. The fourth-order valence-electron chi connectivity index (χ4n) is 2.26. The number of hydrogen-bond acceptors (Lipinski definition) is 4. The summed E-state index contributed by atoms with van der Waals surface area (Å²) in [5, 5.41) is 3.90. The molecule has 88 valence electrons. The van der Waals surface area contributed by atoms with E-state index in [-0.39, 0.29) is 0 Å². The molecule has 0 saturated heterocycles. The van der Waals surface area contributed by atoms with Crippen LogP contribution < -0.4 is 5.73 Å². The zero-order valence-corrected chi connectivity index (χ0v) is 9.60. The number of hydrogen-bond donors (Lipinski definition) is 1. The van der Waals surface area contributed by atoms with Gasteiger partial charge in [0.15, 0.2) is 5.76 Å². The first-order chi connectivity index (χ1) is 8.35. The maximum atomic E-state index is 5.50. The number of fused-ring (bicyclic) bond motifs is 1. The van der Waals surface area contributed by atoms with Gasteiger partial charge in [0.05, 0.1) is 12.2 Å². The van der Waals surface area contributed by atoms with Crippen LogP contribution in [0.5, 0.6) is 0 Å². The predicted molar refractivity (Wildman–Crippen MR) is 63.8 cm³/mol. The molecule has 0 fully saturated rings. The van der Waals surface area contributed by atoms with Crippen LogP contribution in [0.1, 0.15) is 22.6 Å². The minimum atomic E-state index is 0.434. The van der Waals surface area contributed by atoms with Crippen LogP contribution in [0.4, 0.5) is 0 Å². The predicted octanol–water partition coefficient (Wildman–Crippen LogP) is 1.65. The Kier molecular flexibility index (Phi) is 2.66. The SMILES string of the molecule is NCc1cc(CN2Cc3ccccc3C2)on1. The van der Waals surface area contributed by atoms with Gasteiger partial charge in [-0.15, -0.1) is 0 Å². The Hall–Kier alpha value is -1.65. The minimum absolute atomic E-state index is 0.434. The van der Waals surface area contributed by atoms with Crippen LogP contribution in [0.25, 0.3) is 0 Å². The summed E-state index contributed by atoms with van der Waals surface area (Å²) < 4.78 is 5.24. The molecule has 0 spiro atoms. The molecule has 0 unspecified atom stereocenters. The fourth-order valence-corrected chi connectivity index (χ4v) is 2.26. The van der Waals surface area contributed by atoms with Crippen molar-refractivity contribution in [2.45, 2.75) is 26.2 Å². The van der Waals surface area contributed by atoms with E-state index < -0.39 is 0 Å². The Morgan fingerprint density at radius 2 is 1.94 bits per heavy atom. The lowest BCUT2D eigenvalue weighted by molar-refractivity contribution is 0.235. The van der Waals surface area contributed by atoms with Gasteiger partial charge >= 0.3 is 0 Å². The molecule has 3 rings (SSSR count). The van der Waals surface area contributed by atoms with Gasteiger partial charge in [0.1, 0.15) is 0 Å². The first-order valence-electron chi connectivity index (χ1n) is 5.79. The Morgan fingerprint density at radius 1 is 1.24 bits per heavy atom. The van der Waals surface area contributed by atoms with Gasteiger partial charge < -0.3 is 10.3 Å². The van der Waals surface area contributed by atoms with Crippen molar-refractivity contribution in [3.8, 4) is 0 Å². The van der Waals surface area contributed by atoms with Crippen LogP contribution >= 0.6 is 0 Å². The first-order valence-corrected chi connectivity index (χ1v) is 5.79. The Balaban J connectivity index is 1.69. The molecule has 1 aromatic heterocycles. The topological polar surface area (TPSA) is 55.3 Å². The summed E-state index contributed by atoms with van der Waals surface area (Å²) >= 11 is 0. The van der Waals surface area contributed by atoms with Gasteiger partial charge in [-0.25, -0.2) is 0 Å². The third-order valence-corrected chi connectivity index (χ3v) is 3.10. The van der Waals surface area contributed by atoms with Crippen molar-refractivity contribution in [2.75, 3.05) is 0 Å². The van der Waals surface area contributed by atoms with Gasteiger partial charge in [-0.05, 0) is 11.1 Å². The normalized spacial score (nSPS) is 15.1. The molecule has 1 aliphatic heterocycles. The van der Waals surface area contributed by atoms with Crippen LogP contribution in [0.2, 0.25) is 0 Å². The van der Waals surface area contributed by atoms with Gasteiger partial charge in [-0.3, -0.25) is 4.90 Å². The Morgan fingerprint density at radius 3 is 2.53 bits per heavy atom. The number of rotatable bonds is 3. The van der Waals surface area contributed by atoms with E-state index in [1.165, 1.54) is 11.1 Å². The van der Waals surface area contributed by atoms with E-state index in [2.05, 4.69) is 34.3 Å². The molecular weight excluding hydrogens is 214 g/mol. The van der Waals surface area contributed by atoms with Crippen molar-refractivity contribution >= 4 is 0 Å². The lowest BCUT2D eigenvalue weighted by atomic mass is 10.1. The molecule has 17 heavy (non-hydrogen) atoms. The van der Waals surface area contributed by atoms with Crippen molar-refractivity contribution in [3.05, 3.63) is 52.9 Å². The summed E-state index contributed by atoms with van der Waals surface area (Å²) in [5.74, 6) is 0.887. The molecule has 0 amide bonds. The van der Waals surface area contributed by atoms with E-state index in [0.29, 0.717) is 6.54 Å². The number of aromatic nitrogens is 1. The molecular formula is C13H15N3O. The summed E-state index contributed by atoms with van der Waals surface area (Å²) in [6.45, 7) is 3.19. The van der Waals surface area contributed by atoms with E-state index in [4.69, 9.17) is 10.3 Å². The summed E-state index contributed by atoms with van der Waals surface area (Å²) in [6, 6.07) is 10.5. The van der Waals surface area contributed by atoms with Crippen LogP contribution in [0.15, 0.2) is 34.9 Å². The van der Waals surface area contributed by atoms with E-state index in [1.807, 2.05) is 6.07 Å². The summed E-state index contributed by atoms with van der Waals surface area (Å²) in [7, 11) is 0. The zero-order valence-electron chi connectivity index (χ0n) is 9.60. The van der Waals surface area contributed by atoms with E-state index in [1.54, 1.807) is 0 Å². The molecule has 0 bridgehead atoms. The number of benzene rings is 1. The van der Waals surface area contributed by atoms with Gasteiger partial charge in [-0.2, -0.15) is 0 Å². The number of nitrogens with two attached hydrogens (primary N) is 1. The number of nitrogens with zero attached hydrogens (tertiary/aromatic N) is 2. The average molecular weight is 229 g/mol. The second kappa shape index (κ2) is 4.31. The highest BCUT2D eigenvalue weighted by Gasteiger charge is 2.19. The van der Waals surface area contributed by atoms with Gasteiger partial charge in [0.2, 0.25) is 0 Å². The van der Waals surface area contributed by atoms with Gasteiger partial charge in [-0.1, -0.05) is 29.4 Å². The summed E-state index contributed by atoms with van der Waals surface area (Å²) in [5.41, 5.74) is 9.14. The molecule has 0 aliphatic carbocycles. The quantitative estimate of drug-likeness (QED) is 0.869. The Labute approximate surface area is 100 Å². The molecule has 0 saturated carbocycles. The molecule has 2 aromatic rings. The highest BCUT2D eigenvalue weighted by Crippen LogP contribution is 2.23. The van der Waals surface area contributed by atoms with Crippen LogP contribution in [-0.2, 0) is 26.2 Å². The third-order valence-electron chi connectivity index (χ3n) is 3.10. The van der Waals surface area contributed by atoms with Crippen molar-refractivity contribution in [1.82, 2.24) is 10.1 Å². The van der Waals surface area contributed by atoms with Crippen molar-refractivity contribution in [3.63, 3.8) is 0 Å². The smallest absolute Gasteiger partial charge is 0.151 e. The molecule has 0 radical (unpaired) electrons. The van der Waals surface area contributed by atoms with Gasteiger partial charge in [0.25, 0.3) is 0 Å². The van der Waals surface area contributed by atoms with Crippen LogP contribution in [0, 0.1) is 0 Å². The maximum absolute atomic E-state index is 5.50. The fraction of sp³-hybridized carbons (Fsp3) is 0.308. The standard InChI is InChI=1S/C13H15N3O/c14-6-12-5-13(17-15-12)9-16-7-10-3-1-2-4-11(10)8-16/h1-5H,6-9,14H2. The molecule has 2 heterocycles. The summed E-state index contributed by atoms with van der Waals surface area (Å²) in [6.07, 6.45) is 0. The van der Waals surface area contributed by atoms with Crippen LogP contribution in [-0.4, -0.2) is 10.1 Å². The van der Waals surface area contributed by atoms with Gasteiger partial charge in [0, 0.05) is 25.7 Å². The molecule has 0 atom stereocenters. The van der Waals surface area contributed by atoms with Crippen molar-refractivity contribution < 1.29 is 4.52 Å². The molecule has 1 aliphatic rings. The largest absolute Gasteiger partial charge is 0.360 e. The summed E-state index contributed by atoms with van der Waals surface area (Å²) in [4.78, 5) is 2.34. The lowest BCUT2D eigenvalue weighted by Gasteiger charge is -2.11. The van der Waals surface area contributed by atoms with E-state index in [0.717, 1.165) is 31.1 Å². The molecule has 4 nitrogen and oxygen atoms in total. The van der Waals surface area contributed by atoms with Crippen molar-refractivity contribution in [2.24, 2.45) is 5.73 Å². The van der Waals surface area contributed by atoms with Crippen molar-refractivity contribution in [1.29, 1.82) is 0 Å². The second-order valence-corrected chi connectivity index (χ2v) is 4.40. The van der Waals surface area contributed by atoms with Crippen LogP contribution in [0.3, 0.4) is 0 Å². The highest BCUT2D eigenvalue weighted by molar-refractivity contribution is 5.30. The molecule has 1 aromatic carbocycles. The lowest BCUT2D eigenvalue weighted by Crippen LogP contribution is -2.15. The molecule has 4 heteroatoms. The average Bonchev–Trinajstić information content (AvgIpc) is 2.94. The van der Waals surface area contributed by atoms with E-state index >= 15 is 0 Å². The second-order valence-electron chi connectivity index (χ2n) is 4.40.